The van der Waals surface area contributed by atoms with E-state index in [9.17, 15) is 18.0 Å². The van der Waals surface area contributed by atoms with Crippen LogP contribution in [0.15, 0.2) is 77.8 Å². The number of sulfonamides is 1. The minimum absolute atomic E-state index is 0.106. The molecule has 3 N–H and O–H groups in total. The zero-order valence-electron chi connectivity index (χ0n) is 19.0. The van der Waals surface area contributed by atoms with Crippen molar-refractivity contribution in [1.82, 2.24) is 15.0 Å². The summed E-state index contributed by atoms with van der Waals surface area (Å²) in [6, 6.07) is 18.1. The molecule has 3 aromatic carbocycles. The van der Waals surface area contributed by atoms with Crippen LogP contribution in [0.2, 0.25) is 0 Å². The largest absolute Gasteiger partial charge is 0.361 e. The summed E-state index contributed by atoms with van der Waals surface area (Å²) in [7, 11) is -4.00. The van der Waals surface area contributed by atoms with Crippen molar-refractivity contribution in [1.29, 1.82) is 0 Å². The van der Waals surface area contributed by atoms with E-state index in [2.05, 4.69) is 15.0 Å². The number of hydrogen-bond acceptors (Lipinski definition) is 4. The first-order chi connectivity index (χ1) is 16.3. The number of rotatable bonds is 9. The number of H-pyrrole nitrogens is 1. The first-order valence-corrected chi connectivity index (χ1v) is 12.6. The molecule has 176 valence electrons. The van der Waals surface area contributed by atoms with E-state index in [0.717, 1.165) is 21.9 Å². The molecular formula is C26H27N3O4S. The van der Waals surface area contributed by atoms with Crippen LogP contribution >= 0.6 is 0 Å². The zero-order valence-corrected chi connectivity index (χ0v) is 19.8. The lowest BCUT2D eigenvalue weighted by molar-refractivity contribution is -0.126. The summed E-state index contributed by atoms with van der Waals surface area (Å²) in [6.07, 6.45) is 2.78. The highest BCUT2D eigenvalue weighted by Crippen LogP contribution is 2.24. The van der Waals surface area contributed by atoms with Crippen LogP contribution in [-0.4, -0.2) is 37.7 Å². The molecule has 0 aliphatic carbocycles. The zero-order chi connectivity index (χ0) is 24.3. The second-order valence-electron chi connectivity index (χ2n) is 8.64. The summed E-state index contributed by atoms with van der Waals surface area (Å²) in [5.41, 5.74) is 1.84. The Balaban J connectivity index is 1.54. The molecule has 7 nitrogen and oxygen atoms in total. The summed E-state index contributed by atoms with van der Waals surface area (Å²) in [5, 5.41) is 5.05. The summed E-state index contributed by atoms with van der Waals surface area (Å²) >= 11 is 0. The van der Waals surface area contributed by atoms with Gasteiger partial charge in [-0.1, -0.05) is 68.4 Å². The van der Waals surface area contributed by atoms with Crippen LogP contribution in [0.25, 0.3) is 21.7 Å². The summed E-state index contributed by atoms with van der Waals surface area (Å²) < 4.78 is 29.1. The average molecular weight is 478 g/mol. The maximum atomic E-state index is 13.3. The maximum absolute atomic E-state index is 13.3. The smallest absolute Gasteiger partial charge is 0.241 e. The van der Waals surface area contributed by atoms with Gasteiger partial charge in [0.25, 0.3) is 0 Å². The van der Waals surface area contributed by atoms with Crippen molar-refractivity contribution in [3.05, 3.63) is 78.5 Å². The molecule has 0 spiro atoms. The molecule has 0 fully saturated rings. The number of amides is 1. The molecule has 2 atom stereocenters. The first-order valence-electron chi connectivity index (χ1n) is 11.1. The Bertz CT molecular complexity index is 1440. The Labute approximate surface area is 198 Å². The highest BCUT2D eigenvalue weighted by molar-refractivity contribution is 7.89. The van der Waals surface area contributed by atoms with Gasteiger partial charge in [-0.15, -0.1) is 0 Å². The Hall–Kier alpha value is -3.49. The van der Waals surface area contributed by atoms with Crippen LogP contribution in [-0.2, 0) is 26.0 Å². The molecule has 1 amide bonds. The van der Waals surface area contributed by atoms with Gasteiger partial charge in [-0.3, -0.25) is 4.79 Å². The van der Waals surface area contributed by atoms with Crippen molar-refractivity contribution < 1.29 is 18.0 Å². The normalized spacial score (nSPS) is 13.7. The maximum Gasteiger partial charge on any atom is 0.241 e. The minimum Gasteiger partial charge on any atom is -0.361 e. The lowest BCUT2D eigenvalue weighted by Crippen LogP contribution is -2.52. The van der Waals surface area contributed by atoms with E-state index in [-0.39, 0.29) is 10.8 Å². The second kappa shape index (κ2) is 9.79. The average Bonchev–Trinajstić information content (AvgIpc) is 3.24. The van der Waals surface area contributed by atoms with Crippen LogP contribution in [0.4, 0.5) is 0 Å². The molecular weight excluding hydrogens is 450 g/mol. The van der Waals surface area contributed by atoms with Crippen LogP contribution < -0.4 is 10.0 Å². The van der Waals surface area contributed by atoms with Crippen molar-refractivity contribution >= 4 is 43.9 Å². The molecule has 0 unspecified atom stereocenters. The van der Waals surface area contributed by atoms with Crippen LogP contribution in [0, 0.1) is 5.92 Å². The molecule has 1 heterocycles. The fraction of sp³-hybridized carbons (Fsp3) is 0.231. The van der Waals surface area contributed by atoms with Crippen molar-refractivity contribution in [2.24, 2.45) is 5.92 Å². The number of nitrogens with one attached hydrogen (secondary N) is 3. The number of carbonyl (C=O) groups is 2. The van der Waals surface area contributed by atoms with Gasteiger partial charge in [0.05, 0.1) is 10.9 Å². The minimum atomic E-state index is -4.00. The SMILES string of the molecule is CC(C)[C@H](NS(=O)(=O)c1cccc2ccccc12)C(=O)N[C@H](C=O)Cc1c[nH]c2ccccc12. The van der Waals surface area contributed by atoms with E-state index in [4.69, 9.17) is 0 Å². The van der Waals surface area contributed by atoms with Crippen LogP contribution in [0.1, 0.15) is 19.4 Å². The molecule has 0 saturated carbocycles. The third-order valence-electron chi connectivity index (χ3n) is 5.88. The Kier molecular flexibility index (Phi) is 6.81. The van der Waals surface area contributed by atoms with Gasteiger partial charge in [-0.2, -0.15) is 4.72 Å². The predicted octanol–water partition coefficient (Wildman–Crippen LogP) is 3.55. The summed E-state index contributed by atoms with van der Waals surface area (Å²) in [5.74, 6) is -0.888. The number of benzene rings is 3. The highest BCUT2D eigenvalue weighted by atomic mass is 32.2. The third-order valence-corrected chi connectivity index (χ3v) is 7.38. The van der Waals surface area contributed by atoms with E-state index in [1.54, 1.807) is 32.0 Å². The molecule has 34 heavy (non-hydrogen) atoms. The molecule has 4 aromatic rings. The summed E-state index contributed by atoms with van der Waals surface area (Å²) in [4.78, 5) is 28.2. The highest BCUT2D eigenvalue weighted by Gasteiger charge is 2.30. The predicted molar refractivity (Wildman–Crippen MR) is 133 cm³/mol. The molecule has 1 aromatic heterocycles. The molecule has 0 aliphatic rings. The van der Waals surface area contributed by atoms with Gasteiger partial charge >= 0.3 is 0 Å². The van der Waals surface area contributed by atoms with E-state index in [1.165, 1.54) is 6.07 Å². The van der Waals surface area contributed by atoms with Crippen LogP contribution in [0.5, 0.6) is 0 Å². The van der Waals surface area contributed by atoms with Crippen molar-refractivity contribution in [3.63, 3.8) is 0 Å². The fourth-order valence-corrected chi connectivity index (χ4v) is 5.67. The quantitative estimate of drug-likeness (QED) is 0.320. The topological polar surface area (TPSA) is 108 Å². The number of aldehydes is 1. The van der Waals surface area contributed by atoms with E-state index in [0.29, 0.717) is 18.1 Å². The molecule has 0 radical (unpaired) electrons. The van der Waals surface area contributed by atoms with Gasteiger partial charge in [0, 0.05) is 28.9 Å². The molecule has 8 heteroatoms. The number of hydrogen-bond donors (Lipinski definition) is 3. The molecule has 0 aliphatic heterocycles. The van der Waals surface area contributed by atoms with Crippen molar-refractivity contribution in [2.45, 2.75) is 37.2 Å². The molecule has 0 saturated heterocycles. The second-order valence-corrected chi connectivity index (χ2v) is 10.3. The van der Waals surface area contributed by atoms with E-state index in [1.807, 2.05) is 48.7 Å². The summed E-state index contributed by atoms with van der Waals surface area (Å²) in [6.45, 7) is 3.51. The number of fused-ring (bicyclic) bond motifs is 2. The molecule has 4 rings (SSSR count). The van der Waals surface area contributed by atoms with Crippen molar-refractivity contribution in [3.8, 4) is 0 Å². The number of aromatic nitrogens is 1. The van der Waals surface area contributed by atoms with E-state index >= 15 is 0 Å². The number of carbonyl (C=O) groups excluding carboxylic acids is 2. The first kappa shape index (κ1) is 23.7. The van der Waals surface area contributed by atoms with Gasteiger partial charge in [0.15, 0.2) is 0 Å². The van der Waals surface area contributed by atoms with E-state index < -0.39 is 28.0 Å². The van der Waals surface area contributed by atoms with Gasteiger partial charge < -0.3 is 15.1 Å². The fourth-order valence-electron chi connectivity index (χ4n) is 4.10. The van der Waals surface area contributed by atoms with Gasteiger partial charge in [0.1, 0.15) is 12.3 Å². The van der Waals surface area contributed by atoms with Crippen molar-refractivity contribution in [2.75, 3.05) is 0 Å². The third kappa shape index (κ3) is 4.88. The van der Waals surface area contributed by atoms with Crippen LogP contribution in [0.3, 0.4) is 0 Å². The standard InChI is InChI=1S/C26H27N3O4S/c1-17(2)25(29-34(32,33)24-13-7-9-18-8-3-4-11-22(18)24)26(31)28-20(16-30)14-19-15-27-23-12-6-5-10-21(19)23/h3-13,15-17,20,25,27,29H,14H2,1-2H3,(H,28,31)/t20-,25-/m0/s1. The lowest BCUT2D eigenvalue weighted by atomic mass is 10.0. The van der Waals surface area contributed by atoms with Gasteiger partial charge in [-0.25, -0.2) is 8.42 Å². The molecule has 0 bridgehead atoms. The monoisotopic (exact) mass is 477 g/mol. The Morgan fingerprint density at radius 3 is 2.38 bits per heavy atom. The number of aromatic amines is 1. The Morgan fingerprint density at radius 1 is 0.971 bits per heavy atom. The number of para-hydroxylation sites is 1. The lowest BCUT2D eigenvalue weighted by Gasteiger charge is -2.24. The Morgan fingerprint density at radius 2 is 1.65 bits per heavy atom. The van der Waals surface area contributed by atoms with Gasteiger partial charge in [-0.05, 0) is 29.0 Å². The van der Waals surface area contributed by atoms with Gasteiger partial charge in [0.2, 0.25) is 15.9 Å².